The Hall–Kier alpha value is -2.24. The molecule has 1 saturated heterocycles. The van der Waals surface area contributed by atoms with Crippen LogP contribution in [-0.2, 0) is 9.59 Å². The molecule has 6 heteroatoms. The van der Waals surface area contributed by atoms with Gasteiger partial charge >= 0.3 is 0 Å². The summed E-state index contributed by atoms with van der Waals surface area (Å²) in [6.07, 6.45) is 3.68. The Morgan fingerprint density at radius 2 is 2.04 bits per heavy atom. The standard InChI is InChI=1S/C17H23N3O3/c1-23-15-7-6-13(9-14(15)18)19-16(21)12-3-2-8-20(10-12)17(22)11-4-5-11/h6-7,9,11-12H,2-5,8,10,18H2,1H3,(H,19,21). The lowest BCUT2D eigenvalue weighted by Gasteiger charge is -2.32. The van der Waals surface area contributed by atoms with Crippen LogP contribution >= 0.6 is 0 Å². The second-order valence-corrected chi connectivity index (χ2v) is 6.34. The Morgan fingerprint density at radius 1 is 1.26 bits per heavy atom. The molecule has 1 unspecified atom stereocenters. The molecule has 3 N–H and O–H groups in total. The van der Waals surface area contributed by atoms with Gasteiger partial charge in [0.2, 0.25) is 11.8 Å². The van der Waals surface area contributed by atoms with Crippen LogP contribution < -0.4 is 15.8 Å². The zero-order valence-electron chi connectivity index (χ0n) is 13.4. The van der Waals surface area contributed by atoms with E-state index in [2.05, 4.69) is 5.32 Å². The number of likely N-dealkylation sites (tertiary alicyclic amines) is 1. The zero-order valence-corrected chi connectivity index (χ0v) is 13.4. The van der Waals surface area contributed by atoms with Crippen LogP contribution in [0.5, 0.6) is 5.75 Å². The fourth-order valence-electron chi connectivity index (χ4n) is 3.04. The third-order valence-electron chi connectivity index (χ3n) is 4.53. The molecule has 0 spiro atoms. The summed E-state index contributed by atoms with van der Waals surface area (Å²) >= 11 is 0. The highest BCUT2D eigenvalue weighted by molar-refractivity contribution is 5.94. The summed E-state index contributed by atoms with van der Waals surface area (Å²) in [5.41, 5.74) is 7.00. The molecule has 2 amide bonds. The molecule has 1 aliphatic heterocycles. The van der Waals surface area contributed by atoms with Crippen molar-refractivity contribution in [3.8, 4) is 5.75 Å². The van der Waals surface area contributed by atoms with E-state index in [4.69, 9.17) is 10.5 Å². The molecule has 2 aliphatic rings. The fourth-order valence-corrected chi connectivity index (χ4v) is 3.04. The molecule has 1 atom stereocenters. The Balaban J connectivity index is 1.61. The number of hydrogen-bond acceptors (Lipinski definition) is 4. The minimum absolute atomic E-state index is 0.0529. The van der Waals surface area contributed by atoms with Crippen molar-refractivity contribution in [3.63, 3.8) is 0 Å². The molecule has 1 saturated carbocycles. The Kier molecular flexibility index (Phi) is 4.41. The lowest BCUT2D eigenvalue weighted by Crippen LogP contribution is -2.44. The Morgan fingerprint density at radius 3 is 2.70 bits per heavy atom. The maximum atomic E-state index is 12.5. The predicted molar refractivity (Wildman–Crippen MR) is 88.1 cm³/mol. The van der Waals surface area contributed by atoms with Crippen LogP contribution in [0.2, 0.25) is 0 Å². The van der Waals surface area contributed by atoms with Crippen LogP contribution in [0.4, 0.5) is 11.4 Å². The summed E-state index contributed by atoms with van der Waals surface area (Å²) in [5, 5.41) is 2.90. The molecule has 0 radical (unpaired) electrons. The minimum Gasteiger partial charge on any atom is -0.495 e. The molecule has 6 nitrogen and oxygen atoms in total. The average molecular weight is 317 g/mol. The van der Waals surface area contributed by atoms with Gasteiger partial charge in [0.25, 0.3) is 0 Å². The molecule has 23 heavy (non-hydrogen) atoms. The highest BCUT2D eigenvalue weighted by atomic mass is 16.5. The van der Waals surface area contributed by atoms with Crippen molar-refractivity contribution in [1.82, 2.24) is 4.90 Å². The SMILES string of the molecule is COc1ccc(NC(=O)C2CCCN(C(=O)C3CC3)C2)cc1N. The second-order valence-electron chi connectivity index (χ2n) is 6.34. The van der Waals surface area contributed by atoms with Crippen molar-refractivity contribution in [1.29, 1.82) is 0 Å². The van der Waals surface area contributed by atoms with Crippen molar-refractivity contribution in [2.45, 2.75) is 25.7 Å². The van der Waals surface area contributed by atoms with E-state index in [1.807, 2.05) is 4.90 Å². The minimum atomic E-state index is -0.158. The van der Waals surface area contributed by atoms with Crippen LogP contribution in [0.15, 0.2) is 18.2 Å². The van der Waals surface area contributed by atoms with Gasteiger partial charge in [-0.15, -0.1) is 0 Å². The van der Waals surface area contributed by atoms with Gasteiger partial charge in [-0.05, 0) is 43.9 Å². The third-order valence-corrected chi connectivity index (χ3v) is 4.53. The van der Waals surface area contributed by atoms with Gasteiger partial charge in [0.1, 0.15) is 5.75 Å². The number of benzene rings is 1. The Labute approximate surface area is 136 Å². The number of ether oxygens (including phenoxy) is 1. The summed E-state index contributed by atoms with van der Waals surface area (Å²) in [7, 11) is 1.55. The molecule has 124 valence electrons. The van der Waals surface area contributed by atoms with Gasteiger partial charge in [-0.1, -0.05) is 0 Å². The van der Waals surface area contributed by atoms with E-state index in [-0.39, 0.29) is 23.7 Å². The van der Waals surface area contributed by atoms with E-state index in [1.54, 1.807) is 25.3 Å². The summed E-state index contributed by atoms with van der Waals surface area (Å²) in [6.45, 7) is 1.29. The smallest absolute Gasteiger partial charge is 0.229 e. The normalized spacial score (nSPS) is 20.9. The molecular formula is C17H23N3O3. The van der Waals surface area contributed by atoms with Gasteiger partial charge in [-0.3, -0.25) is 9.59 Å². The number of carbonyl (C=O) groups excluding carboxylic acids is 2. The number of rotatable bonds is 4. The van der Waals surface area contributed by atoms with Crippen molar-refractivity contribution in [2.24, 2.45) is 11.8 Å². The molecular weight excluding hydrogens is 294 g/mol. The van der Waals surface area contributed by atoms with E-state index in [1.165, 1.54) is 0 Å². The fraction of sp³-hybridized carbons (Fsp3) is 0.529. The third kappa shape index (κ3) is 3.57. The van der Waals surface area contributed by atoms with Crippen LogP contribution in [0, 0.1) is 11.8 Å². The van der Waals surface area contributed by atoms with Gasteiger partial charge in [0, 0.05) is 24.7 Å². The van der Waals surface area contributed by atoms with Crippen LogP contribution in [0.1, 0.15) is 25.7 Å². The molecule has 1 heterocycles. The number of nitrogens with zero attached hydrogens (tertiary/aromatic N) is 1. The summed E-state index contributed by atoms with van der Waals surface area (Å²) in [6, 6.07) is 5.18. The number of piperidine rings is 1. The van der Waals surface area contributed by atoms with Gasteiger partial charge in [0.05, 0.1) is 18.7 Å². The van der Waals surface area contributed by atoms with E-state index in [9.17, 15) is 9.59 Å². The number of hydrogen-bond donors (Lipinski definition) is 2. The first kappa shape index (κ1) is 15.6. The monoisotopic (exact) mass is 317 g/mol. The molecule has 1 aromatic rings. The maximum absolute atomic E-state index is 12.5. The summed E-state index contributed by atoms with van der Waals surface area (Å²) in [4.78, 5) is 26.5. The molecule has 2 fully saturated rings. The van der Waals surface area contributed by atoms with Crippen molar-refractivity contribution >= 4 is 23.2 Å². The lowest BCUT2D eigenvalue weighted by molar-refractivity contribution is -0.135. The van der Waals surface area contributed by atoms with Gasteiger partial charge < -0.3 is 20.7 Å². The van der Waals surface area contributed by atoms with E-state index in [0.29, 0.717) is 23.7 Å². The summed E-state index contributed by atoms with van der Waals surface area (Å²) in [5.74, 6) is 0.800. The number of methoxy groups -OCH3 is 1. The molecule has 1 aliphatic carbocycles. The first-order valence-corrected chi connectivity index (χ1v) is 8.11. The topological polar surface area (TPSA) is 84.7 Å². The van der Waals surface area contributed by atoms with E-state index < -0.39 is 0 Å². The number of anilines is 2. The number of carbonyl (C=O) groups is 2. The average Bonchev–Trinajstić information content (AvgIpc) is 3.39. The maximum Gasteiger partial charge on any atom is 0.229 e. The highest BCUT2D eigenvalue weighted by Crippen LogP contribution is 2.33. The summed E-state index contributed by atoms with van der Waals surface area (Å²) < 4.78 is 5.11. The molecule has 3 rings (SSSR count). The number of nitrogen functional groups attached to an aromatic ring is 1. The van der Waals surface area contributed by atoms with Crippen LogP contribution in [0.3, 0.4) is 0 Å². The second kappa shape index (κ2) is 6.48. The van der Waals surface area contributed by atoms with Crippen molar-refractivity contribution in [3.05, 3.63) is 18.2 Å². The van der Waals surface area contributed by atoms with Gasteiger partial charge in [0.15, 0.2) is 0 Å². The first-order valence-electron chi connectivity index (χ1n) is 8.11. The predicted octanol–water partition coefficient (Wildman–Crippen LogP) is 1.86. The Bertz CT molecular complexity index is 613. The number of nitrogens with one attached hydrogen (secondary N) is 1. The van der Waals surface area contributed by atoms with Gasteiger partial charge in [-0.25, -0.2) is 0 Å². The largest absolute Gasteiger partial charge is 0.495 e. The van der Waals surface area contributed by atoms with E-state index >= 15 is 0 Å². The molecule has 0 aromatic heterocycles. The number of amides is 2. The van der Waals surface area contributed by atoms with Crippen LogP contribution in [-0.4, -0.2) is 36.9 Å². The quantitative estimate of drug-likeness (QED) is 0.830. The molecule has 0 bridgehead atoms. The highest BCUT2D eigenvalue weighted by Gasteiger charge is 2.36. The van der Waals surface area contributed by atoms with Gasteiger partial charge in [-0.2, -0.15) is 0 Å². The van der Waals surface area contributed by atoms with Crippen molar-refractivity contribution < 1.29 is 14.3 Å². The molecule has 1 aromatic carbocycles. The lowest BCUT2D eigenvalue weighted by atomic mass is 9.96. The van der Waals surface area contributed by atoms with Crippen LogP contribution in [0.25, 0.3) is 0 Å². The van der Waals surface area contributed by atoms with E-state index in [0.717, 1.165) is 32.2 Å². The van der Waals surface area contributed by atoms with Crippen molar-refractivity contribution in [2.75, 3.05) is 31.2 Å². The number of nitrogens with two attached hydrogens (primary N) is 1. The first-order chi connectivity index (χ1) is 11.1. The zero-order chi connectivity index (χ0) is 16.4.